The van der Waals surface area contributed by atoms with Gasteiger partial charge in [-0.1, -0.05) is 0 Å². The highest BCUT2D eigenvalue weighted by Gasteiger charge is 2.19. The van der Waals surface area contributed by atoms with Crippen LogP contribution in [0.3, 0.4) is 0 Å². The number of benzene rings is 1. The van der Waals surface area contributed by atoms with E-state index >= 15 is 0 Å². The van der Waals surface area contributed by atoms with Gasteiger partial charge in [0.1, 0.15) is 11.6 Å². The topological polar surface area (TPSA) is 47.1 Å². The molecule has 0 aliphatic carbocycles. The number of halogens is 1. The Morgan fingerprint density at radius 2 is 2.21 bits per heavy atom. The number of fused-ring (bicyclic) bond motifs is 1. The van der Waals surface area contributed by atoms with E-state index in [0.717, 1.165) is 36.7 Å². The molecule has 0 saturated heterocycles. The van der Waals surface area contributed by atoms with E-state index in [9.17, 15) is 4.39 Å². The minimum atomic E-state index is -0.203. The van der Waals surface area contributed by atoms with Crippen LogP contribution in [0.2, 0.25) is 0 Å². The molecule has 0 amide bonds. The molecule has 3 rings (SSSR count). The highest BCUT2D eigenvalue weighted by Crippen LogP contribution is 2.25. The third-order valence-electron chi connectivity index (χ3n) is 3.54. The van der Waals surface area contributed by atoms with E-state index in [-0.39, 0.29) is 5.82 Å². The van der Waals surface area contributed by atoms with Gasteiger partial charge in [-0.2, -0.15) is 0 Å². The van der Waals surface area contributed by atoms with Crippen molar-refractivity contribution >= 4 is 5.69 Å². The molecule has 1 aromatic carbocycles. The SMILES string of the molecule is NCCc1cc(F)ccc1N1CCn2ccnc2C1. The lowest BCUT2D eigenvalue weighted by molar-refractivity contribution is 0.557. The molecule has 2 N–H and O–H groups in total. The van der Waals surface area contributed by atoms with Crippen LogP contribution in [0.15, 0.2) is 30.6 Å². The van der Waals surface area contributed by atoms with Gasteiger partial charge in [0, 0.05) is 31.2 Å². The lowest BCUT2D eigenvalue weighted by atomic mass is 10.1. The summed E-state index contributed by atoms with van der Waals surface area (Å²) in [6.45, 7) is 3.11. The highest BCUT2D eigenvalue weighted by molar-refractivity contribution is 5.54. The maximum Gasteiger partial charge on any atom is 0.128 e. The van der Waals surface area contributed by atoms with Gasteiger partial charge in [0.15, 0.2) is 0 Å². The van der Waals surface area contributed by atoms with E-state index in [2.05, 4.69) is 14.5 Å². The predicted octanol–water partition coefficient (Wildman–Crippen LogP) is 1.54. The summed E-state index contributed by atoms with van der Waals surface area (Å²) in [6, 6.07) is 4.94. The quantitative estimate of drug-likeness (QED) is 0.910. The lowest BCUT2D eigenvalue weighted by Crippen LogP contribution is -2.34. The monoisotopic (exact) mass is 260 g/mol. The first kappa shape index (κ1) is 12.2. The van der Waals surface area contributed by atoms with E-state index in [1.807, 2.05) is 18.5 Å². The zero-order valence-electron chi connectivity index (χ0n) is 10.7. The Morgan fingerprint density at radius 3 is 3.05 bits per heavy atom. The molecular formula is C14H17FN4. The molecule has 0 fully saturated rings. The second-order valence-electron chi connectivity index (χ2n) is 4.77. The Kier molecular flexibility index (Phi) is 3.21. The van der Waals surface area contributed by atoms with Crippen LogP contribution >= 0.6 is 0 Å². The molecule has 19 heavy (non-hydrogen) atoms. The lowest BCUT2D eigenvalue weighted by Gasteiger charge is -2.31. The maximum atomic E-state index is 13.4. The maximum absolute atomic E-state index is 13.4. The van der Waals surface area contributed by atoms with Crippen molar-refractivity contribution in [2.24, 2.45) is 5.73 Å². The van der Waals surface area contributed by atoms with Gasteiger partial charge in [-0.3, -0.25) is 0 Å². The first-order valence-electron chi connectivity index (χ1n) is 6.51. The van der Waals surface area contributed by atoms with Crippen LogP contribution in [0.5, 0.6) is 0 Å². The van der Waals surface area contributed by atoms with E-state index in [0.29, 0.717) is 13.0 Å². The van der Waals surface area contributed by atoms with Crippen molar-refractivity contribution in [3.63, 3.8) is 0 Å². The number of nitrogens with two attached hydrogens (primary N) is 1. The highest BCUT2D eigenvalue weighted by atomic mass is 19.1. The van der Waals surface area contributed by atoms with Crippen molar-refractivity contribution in [1.82, 2.24) is 9.55 Å². The summed E-state index contributed by atoms with van der Waals surface area (Å²) in [4.78, 5) is 6.59. The fourth-order valence-electron chi connectivity index (χ4n) is 2.60. The molecule has 0 unspecified atom stereocenters. The van der Waals surface area contributed by atoms with E-state index in [4.69, 9.17) is 5.73 Å². The van der Waals surface area contributed by atoms with Gasteiger partial charge in [-0.25, -0.2) is 9.37 Å². The average molecular weight is 260 g/mol. The molecule has 4 nitrogen and oxygen atoms in total. The number of hydrogen-bond acceptors (Lipinski definition) is 3. The van der Waals surface area contributed by atoms with Crippen LogP contribution in [-0.4, -0.2) is 22.6 Å². The fraction of sp³-hybridized carbons (Fsp3) is 0.357. The van der Waals surface area contributed by atoms with Gasteiger partial charge in [0.2, 0.25) is 0 Å². The fourth-order valence-corrected chi connectivity index (χ4v) is 2.60. The molecule has 0 bridgehead atoms. The Bertz CT molecular complexity index is 579. The van der Waals surface area contributed by atoms with Gasteiger partial charge in [0.25, 0.3) is 0 Å². The summed E-state index contributed by atoms with van der Waals surface area (Å²) in [5.41, 5.74) is 7.66. The van der Waals surface area contributed by atoms with Crippen molar-refractivity contribution in [3.05, 3.63) is 47.8 Å². The second-order valence-corrected chi connectivity index (χ2v) is 4.77. The molecule has 2 aromatic rings. The van der Waals surface area contributed by atoms with Crippen molar-refractivity contribution < 1.29 is 4.39 Å². The predicted molar refractivity (Wildman–Crippen MR) is 72.4 cm³/mol. The zero-order valence-corrected chi connectivity index (χ0v) is 10.7. The van der Waals surface area contributed by atoms with E-state index in [1.165, 1.54) is 6.07 Å². The first-order valence-corrected chi connectivity index (χ1v) is 6.51. The number of hydrogen-bond donors (Lipinski definition) is 1. The molecule has 2 heterocycles. The van der Waals surface area contributed by atoms with Gasteiger partial charge < -0.3 is 15.2 Å². The molecule has 0 atom stereocenters. The summed E-state index contributed by atoms with van der Waals surface area (Å²) in [7, 11) is 0. The van der Waals surface area contributed by atoms with Crippen LogP contribution in [0.1, 0.15) is 11.4 Å². The Hall–Kier alpha value is -1.88. The summed E-state index contributed by atoms with van der Waals surface area (Å²) >= 11 is 0. The van der Waals surface area contributed by atoms with Gasteiger partial charge in [-0.05, 0) is 36.7 Å². The molecule has 0 saturated carbocycles. The Balaban J connectivity index is 1.90. The van der Waals surface area contributed by atoms with Crippen LogP contribution in [0, 0.1) is 5.82 Å². The van der Waals surface area contributed by atoms with Gasteiger partial charge >= 0.3 is 0 Å². The van der Waals surface area contributed by atoms with E-state index in [1.54, 1.807) is 6.07 Å². The number of rotatable bonds is 3. The molecule has 1 aliphatic heterocycles. The summed E-state index contributed by atoms with van der Waals surface area (Å²) in [6.07, 6.45) is 4.51. The largest absolute Gasteiger partial charge is 0.362 e. The first-order chi connectivity index (χ1) is 9.28. The average Bonchev–Trinajstić information content (AvgIpc) is 2.86. The normalized spacial score (nSPS) is 14.5. The number of imidazole rings is 1. The smallest absolute Gasteiger partial charge is 0.128 e. The van der Waals surface area contributed by atoms with Crippen LogP contribution in [-0.2, 0) is 19.5 Å². The van der Waals surface area contributed by atoms with Crippen molar-refractivity contribution in [2.45, 2.75) is 19.5 Å². The number of anilines is 1. The molecule has 5 heteroatoms. The number of aromatic nitrogens is 2. The Labute approximate surface area is 111 Å². The molecule has 100 valence electrons. The standard InChI is InChI=1S/C14H17FN4/c15-12-1-2-13(11(9-12)3-4-16)19-8-7-18-6-5-17-14(18)10-19/h1-2,5-6,9H,3-4,7-8,10,16H2. The molecular weight excluding hydrogens is 243 g/mol. The second kappa shape index (κ2) is 5.01. The molecule has 1 aromatic heterocycles. The van der Waals surface area contributed by atoms with E-state index < -0.39 is 0 Å². The van der Waals surface area contributed by atoms with Crippen molar-refractivity contribution in [3.8, 4) is 0 Å². The molecule has 0 radical (unpaired) electrons. The third-order valence-corrected chi connectivity index (χ3v) is 3.54. The molecule has 1 aliphatic rings. The van der Waals surface area contributed by atoms with Crippen LogP contribution in [0.4, 0.5) is 10.1 Å². The minimum Gasteiger partial charge on any atom is -0.362 e. The van der Waals surface area contributed by atoms with Crippen molar-refractivity contribution in [1.29, 1.82) is 0 Å². The number of nitrogens with zero attached hydrogens (tertiary/aromatic N) is 3. The van der Waals surface area contributed by atoms with Crippen molar-refractivity contribution in [2.75, 3.05) is 18.0 Å². The van der Waals surface area contributed by atoms with Gasteiger partial charge in [0.05, 0.1) is 6.54 Å². The summed E-state index contributed by atoms with van der Waals surface area (Å²) in [5.74, 6) is 0.847. The Morgan fingerprint density at radius 1 is 1.32 bits per heavy atom. The summed E-state index contributed by atoms with van der Waals surface area (Å²) in [5, 5.41) is 0. The summed E-state index contributed by atoms with van der Waals surface area (Å²) < 4.78 is 15.5. The minimum absolute atomic E-state index is 0.203. The van der Waals surface area contributed by atoms with Gasteiger partial charge in [-0.15, -0.1) is 0 Å². The van der Waals surface area contributed by atoms with Crippen LogP contribution in [0.25, 0.3) is 0 Å². The molecule has 0 spiro atoms. The zero-order chi connectivity index (χ0) is 13.2. The van der Waals surface area contributed by atoms with Crippen LogP contribution < -0.4 is 10.6 Å². The third kappa shape index (κ3) is 2.33.